The number of carbonyl (C=O) groups is 1. The number of rotatable bonds is 5. The van der Waals surface area contributed by atoms with Crippen LogP contribution >= 0.6 is 0 Å². The molecule has 0 spiro atoms. The lowest BCUT2D eigenvalue weighted by Crippen LogP contribution is -2.31. The maximum atomic E-state index is 12.6. The van der Waals surface area contributed by atoms with Crippen LogP contribution in [0.4, 0.5) is 5.82 Å². The summed E-state index contributed by atoms with van der Waals surface area (Å²) >= 11 is -1.24. The molecule has 0 saturated carbocycles. The van der Waals surface area contributed by atoms with E-state index in [1.54, 1.807) is 16.7 Å². The van der Waals surface area contributed by atoms with Crippen LogP contribution in [-0.2, 0) is 17.8 Å². The van der Waals surface area contributed by atoms with Crippen molar-refractivity contribution in [3.8, 4) is 22.4 Å². The van der Waals surface area contributed by atoms with Gasteiger partial charge < -0.3 is 15.6 Å². The van der Waals surface area contributed by atoms with Gasteiger partial charge in [-0.3, -0.25) is 9.78 Å². The highest BCUT2D eigenvalue weighted by molar-refractivity contribution is 7.89. The summed E-state index contributed by atoms with van der Waals surface area (Å²) in [5, 5.41) is 2.86. The van der Waals surface area contributed by atoms with Crippen molar-refractivity contribution in [1.82, 2.24) is 19.6 Å². The number of aryl methyl sites for hydroxylation is 1. The second-order valence-corrected chi connectivity index (χ2v) is 9.12. The van der Waals surface area contributed by atoms with Crippen LogP contribution in [0.25, 0.3) is 22.4 Å². The number of fused-ring (bicyclic) bond motifs is 1. The summed E-state index contributed by atoms with van der Waals surface area (Å²) in [4.78, 5) is 21.6. The molecule has 1 aliphatic heterocycles. The summed E-state index contributed by atoms with van der Waals surface area (Å²) in [5.74, 6) is 0.376. The Kier molecular flexibility index (Phi) is 5.95. The molecule has 1 amide bonds. The highest BCUT2D eigenvalue weighted by Gasteiger charge is 2.21. The van der Waals surface area contributed by atoms with Gasteiger partial charge in [-0.25, -0.2) is 4.98 Å². The molecule has 1 atom stereocenters. The number of nitrogens with two attached hydrogens (primary N) is 1. The number of hydrogen-bond acceptors (Lipinski definition) is 6. The maximum absolute atomic E-state index is 12.6. The molecule has 3 aromatic rings. The van der Waals surface area contributed by atoms with E-state index in [2.05, 4.69) is 15.3 Å². The number of aromatic nitrogens is 2. The van der Waals surface area contributed by atoms with Crippen LogP contribution < -0.4 is 11.1 Å². The Hall–Kier alpha value is -2.94. The molecule has 0 bridgehead atoms. The standard InChI is InChI=1S/C23H25N5O2S/c1-4-28(3)31(30)21-13-26-20(9-14(21)2)17-11-19(22(24)27-12-17)15-5-6-18-16(10-15)7-8-25-23(18)29/h5-6,9-13H,4,7-8H2,1-3H3,(H2,24,27)(H,25,29). The summed E-state index contributed by atoms with van der Waals surface area (Å²) in [6.07, 6.45) is 4.15. The number of pyridine rings is 2. The predicted molar refractivity (Wildman–Crippen MR) is 123 cm³/mol. The lowest BCUT2D eigenvalue weighted by atomic mass is 9.94. The fourth-order valence-corrected chi connectivity index (χ4v) is 4.66. The lowest BCUT2D eigenvalue weighted by molar-refractivity contribution is 0.0946. The maximum Gasteiger partial charge on any atom is 0.251 e. The Balaban J connectivity index is 1.70. The largest absolute Gasteiger partial charge is 0.593 e. The van der Waals surface area contributed by atoms with E-state index >= 15 is 0 Å². The topological polar surface area (TPSA) is 107 Å². The number of nitrogens with one attached hydrogen (secondary N) is 1. The van der Waals surface area contributed by atoms with E-state index in [4.69, 9.17) is 5.73 Å². The molecule has 3 N–H and O–H groups in total. The molecule has 8 heteroatoms. The van der Waals surface area contributed by atoms with Gasteiger partial charge in [0.25, 0.3) is 5.91 Å². The van der Waals surface area contributed by atoms with Gasteiger partial charge in [-0.1, -0.05) is 12.1 Å². The molecular weight excluding hydrogens is 410 g/mol. The summed E-state index contributed by atoms with van der Waals surface area (Å²) in [5.41, 5.74) is 12.1. The highest BCUT2D eigenvalue weighted by atomic mass is 32.2. The van der Waals surface area contributed by atoms with E-state index in [-0.39, 0.29) is 5.91 Å². The number of nitrogen functional groups attached to an aromatic ring is 1. The Morgan fingerprint density at radius 2 is 1.97 bits per heavy atom. The Morgan fingerprint density at radius 3 is 2.71 bits per heavy atom. The van der Waals surface area contributed by atoms with E-state index in [1.807, 2.05) is 51.2 Å². The Labute approximate surface area is 185 Å². The number of hydrogen-bond donors (Lipinski definition) is 2. The average molecular weight is 436 g/mol. The Morgan fingerprint density at radius 1 is 1.16 bits per heavy atom. The fourth-order valence-electron chi connectivity index (χ4n) is 3.61. The Bertz CT molecular complexity index is 1150. The summed E-state index contributed by atoms with van der Waals surface area (Å²) in [6, 6.07) is 9.62. The van der Waals surface area contributed by atoms with Crippen LogP contribution in [0.5, 0.6) is 0 Å². The first-order chi connectivity index (χ1) is 14.9. The van der Waals surface area contributed by atoms with Crippen LogP contribution in [0.1, 0.15) is 28.4 Å². The molecule has 0 saturated heterocycles. The van der Waals surface area contributed by atoms with Gasteiger partial charge in [-0.2, -0.15) is 0 Å². The minimum atomic E-state index is -1.24. The van der Waals surface area contributed by atoms with Crippen LogP contribution in [0.15, 0.2) is 47.6 Å². The van der Waals surface area contributed by atoms with Gasteiger partial charge in [0, 0.05) is 48.6 Å². The second kappa shape index (κ2) is 8.66. The molecule has 1 unspecified atom stereocenters. The minimum Gasteiger partial charge on any atom is -0.593 e. The molecule has 7 nitrogen and oxygen atoms in total. The van der Waals surface area contributed by atoms with Crippen molar-refractivity contribution >= 4 is 23.1 Å². The van der Waals surface area contributed by atoms with E-state index in [9.17, 15) is 9.35 Å². The summed E-state index contributed by atoms with van der Waals surface area (Å²) < 4.78 is 14.4. The molecule has 160 valence electrons. The first-order valence-corrected chi connectivity index (χ1v) is 11.3. The molecule has 1 aromatic carbocycles. The molecule has 1 aliphatic rings. The average Bonchev–Trinajstić information content (AvgIpc) is 2.78. The summed E-state index contributed by atoms with van der Waals surface area (Å²) in [6.45, 7) is 5.21. The fraction of sp³-hybridized carbons (Fsp3) is 0.261. The van der Waals surface area contributed by atoms with Crippen molar-refractivity contribution < 1.29 is 9.35 Å². The van der Waals surface area contributed by atoms with Crippen LogP contribution in [0, 0.1) is 6.92 Å². The second-order valence-electron chi connectivity index (χ2n) is 7.56. The van der Waals surface area contributed by atoms with Gasteiger partial charge in [0.1, 0.15) is 5.82 Å². The molecule has 31 heavy (non-hydrogen) atoms. The van der Waals surface area contributed by atoms with Crippen molar-refractivity contribution in [2.45, 2.75) is 25.2 Å². The molecule has 0 aliphatic carbocycles. The monoisotopic (exact) mass is 435 g/mol. The smallest absolute Gasteiger partial charge is 0.251 e. The molecular formula is C23H25N5O2S. The molecule has 0 radical (unpaired) electrons. The van der Waals surface area contributed by atoms with Crippen molar-refractivity contribution in [2.24, 2.45) is 0 Å². The number of nitrogens with zero attached hydrogens (tertiary/aromatic N) is 3. The zero-order valence-corrected chi connectivity index (χ0v) is 18.6. The third kappa shape index (κ3) is 4.14. The van der Waals surface area contributed by atoms with E-state index in [1.165, 1.54) is 0 Å². The van der Waals surface area contributed by atoms with E-state index in [0.29, 0.717) is 29.4 Å². The predicted octanol–water partition coefficient (Wildman–Crippen LogP) is 2.96. The normalized spacial score (nSPS) is 14.3. The van der Waals surface area contributed by atoms with Gasteiger partial charge in [0.05, 0.1) is 23.3 Å². The number of amides is 1. The van der Waals surface area contributed by atoms with Gasteiger partial charge in [-0.05, 0) is 49.6 Å². The SMILES string of the molecule is CCN(C)[S+]([O-])c1cnc(-c2cnc(N)c(-c3ccc4c(c3)CCNC4=O)c2)cc1C. The van der Waals surface area contributed by atoms with Crippen LogP contribution in [-0.4, -0.2) is 44.9 Å². The minimum absolute atomic E-state index is 0.0430. The van der Waals surface area contributed by atoms with Crippen molar-refractivity contribution in [2.75, 3.05) is 25.9 Å². The summed E-state index contributed by atoms with van der Waals surface area (Å²) in [7, 11) is 1.82. The molecule has 3 heterocycles. The number of carbonyl (C=O) groups excluding carboxylic acids is 1. The first kappa shape index (κ1) is 21.3. The molecule has 4 rings (SSSR count). The highest BCUT2D eigenvalue weighted by Crippen LogP contribution is 2.32. The first-order valence-electron chi connectivity index (χ1n) is 10.2. The van der Waals surface area contributed by atoms with Crippen molar-refractivity contribution in [3.05, 3.63) is 59.4 Å². The lowest BCUT2D eigenvalue weighted by Gasteiger charge is -2.19. The quantitative estimate of drug-likeness (QED) is 0.597. The van der Waals surface area contributed by atoms with E-state index in [0.717, 1.165) is 39.9 Å². The third-order valence-corrected chi connectivity index (χ3v) is 7.16. The number of anilines is 1. The third-order valence-electron chi connectivity index (χ3n) is 5.53. The van der Waals surface area contributed by atoms with Gasteiger partial charge >= 0.3 is 0 Å². The van der Waals surface area contributed by atoms with Gasteiger partial charge in [0.15, 0.2) is 4.90 Å². The van der Waals surface area contributed by atoms with Crippen LogP contribution in [0.3, 0.4) is 0 Å². The van der Waals surface area contributed by atoms with Gasteiger partial charge in [0.2, 0.25) is 0 Å². The molecule has 2 aromatic heterocycles. The van der Waals surface area contributed by atoms with Crippen LogP contribution in [0.2, 0.25) is 0 Å². The van der Waals surface area contributed by atoms with Crippen molar-refractivity contribution in [3.63, 3.8) is 0 Å². The zero-order valence-electron chi connectivity index (χ0n) is 17.8. The number of benzene rings is 1. The zero-order chi connectivity index (χ0) is 22.1. The molecule has 0 fully saturated rings. The van der Waals surface area contributed by atoms with E-state index < -0.39 is 11.4 Å². The van der Waals surface area contributed by atoms with Crippen molar-refractivity contribution in [1.29, 1.82) is 0 Å². The van der Waals surface area contributed by atoms with Gasteiger partial charge in [-0.15, -0.1) is 4.31 Å².